The minimum Gasteiger partial charge on any atom is -0.298 e. The molecule has 1 aromatic heterocycles. The molecule has 1 heterocycles. The molecule has 0 unspecified atom stereocenters. The minimum absolute atomic E-state index is 0.616. The summed E-state index contributed by atoms with van der Waals surface area (Å²) in [4.78, 5) is 21.5. The molecule has 0 bridgehead atoms. The predicted molar refractivity (Wildman–Crippen MR) is 113 cm³/mol. The second-order valence-corrected chi connectivity index (χ2v) is 6.63. The highest BCUT2D eigenvalue weighted by Gasteiger charge is 2.07. The number of benzene rings is 3. The highest BCUT2D eigenvalue weighted by atomic mass is 32.1. The number of hydrogen-bond acceptors (Lipinski definition) is 5. The SMILES string of the molecule is O=Cc1ccc(C#Cc2ccc(C#Cc3ccc(C=O)cc3)c3nsnc23)cc1. The molecule has 136 valence electrons. The molecule has 5 heteroatoms. The number of rotatable bonds is 2. The first-order chi connectivity index (χ1) is 14.3. The van der Waals surface area contributed by atoms with E-state index in [-0.39, 0.29) is 0 Å². The van der Waals surface area contributed by atoms with Gasteiger partial charge in [-0.15, -0.1) is 0 Å². The first kappa shape index (κ1) is 18.3. The third-order valence-electron chi connectivity index (χ3n) is 4.19. The van der Waals surface area contributed by atoms with Crippen molar-refractivity contribution >= 4 is 35.3 Å². The molecule has 0 aliphatic rings. The number of hydrogen-bond donors (Lipinski definition) is 0. The predicted octanol–water partition coefficient (Wildman–Crippen LogP) is 4.12. The van der Waals surface area contributed by atoms with Crippen molar-refractivity contribution in [2.24, 2.45) is 0 Å². The molecule has 3 aromatic carbocycles. The van der Waals surface area contributed by atoms with E-state index in [0.717, 1.165) is 57.6 Å². The van der Waals surface area contributed by atoms with E-state index in [1.165, 1.54) is 0 Å². The lowest BCUT2D eigenvalue weighted by Gasteiger charge is -1.96. The summed E-state index contributed by atoms with van der Waals surface area (Å²) in [6.07, 6.45) is 1.61. The van der Waals surface area contributed by atoms with Gasteiger partial charge in [-0.05, 0) is 36.4 Å². The fourth-order valence-corrected chi connectivity index (χ4v) is 3.21. The largest absolute Gasteiger partial charge is 0.298 e. The monoisotopic (exact) mass is 392 g/mol. The fourth-order valence-electron chi connectivity index (χ4n) is 2.64. The summed E-state index contributed by atoms with van der Waals surface area (Å²) in [6.45, 7) is 0. The Morgan fingerprint density at radius 2 is 1.00 bits per heavy atom. The number of carbonyl (C=O) groups is 2. The first-order valence-corrected chi connectivity index (χ1v) is 9.39. The van der Waals surface area contributed by atoms with E-state index >= 15 is 0 Å². The van der Waals surface area contributed by atoms with Gasteiger partial charge in [0.1, 0.15) is 23.6 Å². The third-order valence-corrected chi connectivity index (χ3v) is 4.72. The second kappa shape index (κ2) is 8.31. The maximum absolute atomic E-state index is 10.7. The summed E-state index contributed by atoms with van der Waals surface area (Å²) in [7, 11) is 0. The lowest BCUT2D eigenvalue weighted by Crippen LogP contribution is -1.85. The molecule has 29 heavy (non-hydrogen) atoms. The van der Waals surface area contributed by atoms with E-state index in [1.807, 2.05) is 36.4 Å². The van der Waals surface area contributed by atoms with Gasteiger partial charge in [0, 0.05) is 22.3 Å². The van der Waals surface area contributed by atoms with Crippen LogP contribution in [0.5, 0.6) is 0 Å². The molecule has 0 fully saturated rings. The van der Waals surface area contributed by atoms with Crippen LogP contribution in [0.2, 0.25) is 0 Å². The summed E-state index contributed by atoms with van der Waals surface area (Å²) in [6, 6.07) is 17.9. The van der Waals surface area contributed by atoms with Crippen molar-refractivity contribution in [3.63, 3.8) is 0 Å². The van der Waals surface area contributed by atoms with Crippen LogP contribution in [0.4, 0.5) is 0 Å². The van der Waals surface area contributed by atoms with Gasteiger partial charge in [0.2, 0.25) is 0 Å². The van der Waals surface area contributed by atoms with Gasteiger partial charge in [-0.25, -0.2) is 0 Å². The smallest absolute Gasteiger partial charge is 0.150 e. The van der Waals surface area contributed by atoms with Crippen molar-refractivity contribution in [2.45, 2.75) is 0 Å². The maximum atomic E-state index is 10.7. The highest BCUT2D eigenvalue weighted by Crippen LogP contribution is 2.20. The number of aromatic nitrogens is 2. The summed E-state index contributed by atoms with van der Waals surface area (Å²) in [5, 5.41) is 0. The zero-order chi connectivity index (χ0) is 20.1. The van der Waals surface area contributed by atoms with Crippen LogP contribution >= 0.6 is 11.7 Å². The molecule has 0 saturated heterocycles. The molecular weight excluding hydrogens is 380 g/mol. The molecule has 0 amide bonds. The molecule has 0 spiro atoms. The van der Waals surface area contributed by atoms with Crippen LogP contribution in [0, 0.1) is 23.7 Å². The average molecular weight is 392 g/mol. The van der Waals surface area contributed by atoms with Gasteiger partial charge in [-0.1, -0.05) is 47.9 Å². The minimum atomic E-state index is 0.616. The summed E-state index contributed by atoms with van der Waals surface area (Å²) < 4.78 is 8.74. The lowest BCUT2D eigenvalue weighted by atomic mass is 10.1. The highest BCUT2D eigenvalue weighted by molar-refractivity contribution is 7.00. The van der Waals surface area contributed by atoms with Crippen molar-refractivity contribution in [3.05, 3.63) is 94.0 Å². The molecule has 0 N–H and O–H groups in total. The van der Waals surface area contributed by atoms with Crippen molar-refractivity contribution in [1.82, 2.24) is 8.75 Å². The topological polar surface area (TPSA) is 59.9 Å². The van der Waals surface area contributed by atoms with E-state index in [9.17, 15) is 9.59 Å². The zero-order valence-corrected chi connectivity index (χ0v) is 15.9. The van der Waals surface area contributed by atoms with Crippen LogP contribution in [0.15, 0.2) is 60.7 Å². The van der Waals surface area contributed by atoms with Gasteiger partial charge in [0.25, 0.3) is 0 Å². The Hall–Kier alpha value is -4.06. The maximum Gasteiger partial charge on any atom is 0.150 e. The third kappa shape index (κ3) is 4.11. The van der Waals surface area contributed by atoms with Crippen molar-refractivity contribution in [2.75, 3.05) is 0 Å². The van der Waals surface area contributed by atoms with Gasteiger partial charge in [-0.2, -0.15) is 8.75 Å². The Labute approximate surface area is 171 Å². The van der Waals surface area contributed by atoms with Gasteiger partial charge in [-0.3, -0.25) is 9.59 Å². The molecular formula is C24H12N2O2S. The van der Waals surface area contributed by atoms with Gasteiger partial charge < -0.3 is 0 Å². The zero-order valence-electron chi connectivity index (χ0n) is 15.0. The van der Waals surface area contributed by atoms with E-state index in [2.05, 4.69) is 32.4 Å². The van der Waals surface area contributed by atoms with Crippen LogP contribution in [0.25, 0.3) is 11.0 Å². The first-order valence-electron chi connectivity index (χ1n) is 8.66. The van der Waals surface area contributed by atoms with Crippen LogP contribution < -0.4 is 0 Å². The van der Waals surface area contributed by atoms with Crippen LogP contribution in [0.1, 0.15) is 43.0 Å². The number of nitrogens with zero attached hydrogens (tertiary/aromatic N) is 2. The average Bonchev–Trinajstić information content (AvgIpc) is 3.28. The Morgan fingerprint density at radius 1 is 0.586 bits per heavy atom. The number of aldehydes is 2. The van der Waals surface area contributed by atoms with E-state index < -0.39 is 0 Å². The molecule has 0 aliphatic carbocycles. The van der Waals surface area contributed by atoms with Crippen LogP contribution in [-0.4, -0.2) is 21.3 Å². The molecule has 4 rings (SSSR count). The number of carbonyl (C=O) groups excluding carboxylic acids is 2. The quantitative estimate of drug-likeness (QED) is 0.380. The van der Waals surface area contributed by atoms with E-state index in [1.54, 1.807) is 24.3 Å². The van der Waals surface area contributed by atoms with Gasteiger partial charge in [0.05, 0.1) is 22.9 Å². The van der Waals surface area contributed by atoms with Crippen molar-refractivity contribution in [1.29, 1.82) is 0 Å². The molecule has 4 nitrogen and oxygen atoms in total. The van der Waals surface area contributed by atoms with Crippen molar-refractivity contribution in [3.8, 4) is 23.7 Å². The molecule has 4 aromatic rings. The Morgan fingerprint density at radius 3 is 1.38 bits per heavy atom. The fraction of sp³-hybridized carbons (Fsp3) is 0. The molecule has 0 radical (unpaired) electrons. The van der Waals surface area contributed by atoms with Gasteiger partial charge >= 0.3 is 0 Å². The van der Waals surface area contributed by atoms with Crippen LogP contribution in [0.3, 0.4) is 0 Å². The standard InChI is InChI=1S/C24H12N2O2S/c27-15-19-5-1-17(2-6-19)9-11-21-13-14-22(24-23(21)25-29-26-24)12-10-18-3-7-20(16-28)8-4-18/h1-8,13-16H. The summed E-state index contributed by atoms with van der Waals surface area (Å²) in [5.74, 6) is 12.4. The molecule has 0 aliphatic heterocycles. The number of fused-ring (bicyclic) bond motifs is 1. The lowest BCUT2D eigenvalue weighted by molar-refractivity contribution is 0.111. The Balaban J connectivity index is 1.65. The van der Waals surface area contributed by atoms with Crippen molar-refractivity contribution < 1.29 is 9.59 Å². The molecule has 0 atom stereocenters. The van der Waals surface area contributed by atoms with E-state index in [4.69, 9.17) is 0 Å². The summed E-state index contributed by atoms with van der Waals surface area (Å²) >= 11 is 1.12. The Bertz CT molecular complexity index is 1230. The normalized spacial score (nSPS) is 9.79. The Kier molecular flexibility index (Phi) is 5.25. The van der Waals surface area contributed by atoms with E-state index in [0.29, 0.717) is 11.1 Å². The molecule has 0 saturated carbocycles. The van der Waals surface area contributed by atoms with Crippen LogP contribution in [-0.2, 0) is 0 Å². The second-order valence-electron chi connectivity index (χ2n) is 6.10. The summed E-state index contributed by atoms with van der Waals surface area (Å²) in [5.41, 5.74) is 5.84. The van der Waals surface area contributed by atoms with Gasteiger partial charge in [0.15, 0.2) is 0 Å².